The number of aryl methyl sites for hydroxylation is 1. The summed E-state index contributed by atoms with van der Waals surface area (Å²) >= 11 is 0. The van der Waals surface area contributed by atoms with Gasteiger partial charge in [-0.25, -0.2) is 4.98 Å². The molecule has 0 saturated heterocycles. The number of rotatable bonds is 6. The Morgan fingerprint density at radius 3 is 2.57 bits per heavy atom. The summed E-state index contributed by atoms with van der Waals surface area (Å²) in [6.45, 7) is 8.26. The van der Waals surface area contributed by atoms with Gasteiger partial charge in [-0.15, -0.1) is 0 Å². The van der Waals surface area contributed by atoms with Crippen LogP contribution in [0.1, 0.15) is 64.6 Å². The van der Waals surface area contributed by atoms with Crippen LogP contribution in [0.3, 0.4) is 0 Å². The summed E-state index contributed by atoms with van der Waals surface area (Å²) in [4.78, 5) is 7.16. The molecule has 1 aliphatic carbocycles. The van der Waals surface area contributed by atoms with E-state index in [9.17, 15) is 0 Å². The fraction of sp³-hybridized carbons (Fsp3) is 0.824. The van der Waals surface area contributed by atoms with E-state index in [1.165, 1.54) is 37.8 Å². The number of nitrogens with two attached hydrogens (primary N) is 1. The Kier molecular flexibility index (Phi) is 5.31. The van der Waals surface area contributed by atoms with E-state index in [-0.39, 0.29) is 5.41 Å². The van der Waals surface area contributed by atoms with E-state index in [4.69, 9.17) is 10.7 Å². The largest absolute Gasteiger partial charge is 0.345 e. The van der Waals surface area contributed by atoms with Gasteiger partial charge in [0.1, 0.15) is 0 Å². The van der Waals surface area contributed by atoms with Gasteiger partial charge in [0.15, 0.2) is 0 Å². The van der Waals surface area contributed by atoms with E-state index in [2.05, 4.69) is 43.5 Å². The van der Waals surface area contributed by atoms with Crippen LogP contribution in [0.4, 0.5) is 5.95 Å². The topological polar surface area (TPSA) is 47.1 Å². The first kappa shape index (κ1) is 16.3. The Hall–Kier alpha value is -1.03. The maximum absolute atomic E-state index is 5.89. The molecule has 0 amide bonds. The molecule has 4 heteroatoms. The molecule has 1 fully saturated rings. The van der Waals surface area contributed by atoms with Gasteiger partial charge < -0.3 is 15.2 Å². The van der Waals surface area contributed by atoms with Crippen LogP contribution in [0.25, 0.3) is 0 Å². The van der Waals surface area contributed by atoms with E-state index in [0.29, 0.717) is 12.6 Å². The minimum Gasteiger partial charge on any atom is -0.345 e. The highest BCUT2D eigenvalue weighted by Gasteiger charge is 2.24. The Bertz CT molecular complexity index is 444. The molecule has 0 unspecified atom stereocenters. The molecule has 4 nitrogen and oxygen atoms in total. The molecule has 0 bridgehead atoms. The van der Waals surface area contributed by atoms with Crippen molar-refractivity contribution >= 4 is 5.95 Å². The molecule has 21 heavy (non-hydrogen) atoms. The van der Waals surface area contributed by atoms with Crippen LogP contribution in [0.15, 0.2) is 6.20 Å². The number of anilines is 1. The summed E-state index contributed by atoms with van der Waals surface area (Å²) in [5, 5.41) is 0. The molecule has 0 radical (unpaired) electrons. The first-order valence-corrected chi connectivity index (χ1v) is 8.46. The molecule has 2 N–H and O–H groups in total. The summed E-state index contributed by atoms with van der Waals surface area (Å²) in [5.41, 5.74) is 7.21. The fourth-order valence-corrected chi connectivity index (χ4v) is 3.29. The second-order valence-corrected chi connectivity index (χ2v) is 7.31. The summed E-state index contributed by atoms with van der Waals surface area (Å²) in [6.07, 6.45) is 9.94. The van der Waals surface area contributed by atoms with Gasteiger partial charge in [0.25, 0.3) is 0 Å². The maximum Gasteiger partial charge on any atom is 0.205 e. The molecular formula is C17H32N4. The van der Waals surface area contributed by atoms with Crippen molar-refractivity contribution < 1.29 is 0 Å². The van der Waals surface area contributed by atoms with Crippen molar-refractivity contribution in [2.24, 2.45) is 11.1 Å². The predicted molar refractivity (Wildman–Crippen MR) is 89.8 cm³/mol. The zero-order valence-corrected chi connectivity index (χ0v) is 14.2. The van der Waals surface area contributed by atoms with Gasteiger partial charge >= 0.3 is 0 Å². The molecule has 0 spiro atoms. The third-order valence-electron chi connectivity index (χ3n) is 4.65. The van der Waals surface area contributed by atoms with Gasteiger partial charge in [-0.2, -0.15) is 0 Å². The second kappa shape index (κ2) is 6.82. The highest BCUT2D eigenvalue weighted by molar-refractivity contribution is 5.34. The molecule has 120 valence electrons. The van der Waals surface area contributed by atoms with E-state index >= 15 is 0 Å². The van der Waals surface area contributed by atoms with E-state index in [0.717, 1.165) is 18.9 Å². The third-order valence-corrected chi connectivity index (χ3v) is 4.65. The van der Waals surface area contributed by atoms with Crippen molar-refractivity contribution in [2.45, 2.75) is 65.3 Å². The first-order chi connectivity index (χ1) is 9.96. The molecule has 0 aliphatic heterocycles. The number of hydrogen-bond donors (Lipinski definition) is 1. The van der Waals surface area contributed by atoms with Crippen LogP contribution in [0.5, 0.6) is 0 Å². The Labute approximate surface area is 129 Å². The Morgan fingerprint density at radius 1 is 1.33 bits per heavy atom. The Balaban J connectivity index is 2.22. The highest BCUT2D eigenvalue weighted by Crippen LogP contribution is 2.32. The number of nitrogens with zero attached hydrogens (tertiary/aromatic N) is 3. The standard InChI is InChI=1S/C17H32N4/c1-5-14-11-21(15-9-7-6-8-10-15)16(19-14)20(4)13-17(2,3)12-18/h11,15H,5-10,12-13,18H2,1-4H3. The lowest BCUT2D eigenvalue weighted by atomic mass is 9.93. The third kappa shape index (κ3) is 4.00. The lowest BCUT2D eigenvalue weighted by Crippen LogP contribution is -2.38. The predicted octanol–water partition coefficient (Wildman–Crippen LogP) is 3.37. The number of aromatic nitrogens is 2. The summed E-state index contributed by atoms with van der Waals surface area (Å²) < 4.78 is 2.44. The van der Waals surface area contributed by atoms with E-state index < -0.39 is 0 Å². The van der Waals surface area contributed by atoms with Gasteiger partial charge in [-0.05, 0) is 31.2 Å². The van der Waals surface area contributed by atoms with Crippen LogP contribution in [-0.4, -0.2) is 29.7 Å². The quantitative estimate of drug-likeness (QED) is 0.874. The SMILES string of the molecule is CCc1cn(C2CCCCC2)c(N(C)CC(C)(C)CN)n1. The van der Waals surface area contributed by atoms with Crippen LogP contribution < -0.4 is 10.6 Å². The molecule has 1 saturated carbocycles. The molecule has 0 atom stereocenters. The van der Waals surface area contributed by atoms with Crippen LogP contribution in [0.2, 0.25) is 0 Å². The number of imidazole rings is 1. The van der Waals surface area contributed by atoms with Crippen molar-refractivity contribution in [3.63, 3.8) is 0 Å². The molecule has 1 aromatic heterocycles. The van der Waals surface area contributed by atoms with Crippen molar-refractivity contribution in [1.82, 2.24) is 9.55 Å². The van der Waals surface area contributed by atoms with E-state index in [1.807, 2.05) is 0 Å². The van der Waals surface area contributed by atoms with Gasteiger partial charge in [0.05, 0.1) is 5.69 Å². The summed E-state index contributed by atoms with van der Waals surface area (Å²) in [7, 11) is 2.15. The zero-order chi connectivity index (χ0) is 15.5. The molecule has 1 aromatic rings. The normalized spacial score (nSPS) is 17.2. The van der Waals surface area contributed by atoms with Crippen LogP contribution >= 0.6 is 0 Å². The van der Waals surface area contributed by atoms with Crippen molar-refractivity contribution in [1.29, 1.82) is 0 Å². The van der Waals surface area contributed by atoms with E-state index in [1.54, 1.807) is 0 Å². The van der Waals surface area contributed by atoms with Crippen molar-refractivity contribution in [3.8, 4) is 0 Å². The fourth-order valence-electron chi connectivity index (χ4n) is 3.29. The average molecular weight is 292 g/mol. The second-order valence-electron chi connectivity index (χ2n) is 7.31. The monoisotopic (exact) mass is 292 g/mol. The minimum absolute atomic E-state index is 0.116. The summed E-state index contributed by atoms with van der Waals surface area (Å²) in [5.74, 6) is 1.13. The average Bonchev–Trinajstić information content (AvgIpc) is 2.92. The molecule has 1 aliphatic rings. The van der Waals surface area contributed by atoms with Crippen molar-refractivity contribution in [2.75, 3.05) is 25.0 Å². The lowest BCUT2D eigenvalue weighted by molar-refractivity contribution is 0.345. The van der Waals surface area contributed by atoms with Gasteiger partial charge in [-0.1, -0.05) is 40.0 Å². The van der Waals surface area contributed by atoms with Crippen LogP contribution in [-0.2, 0) is 6.42 Å². The molecule has 2 rings (SSSR count). The Morgan fingerprint density at radius 2 is 2.00 bits per heavy atom. The van der Waals surface area contributed by atoms with Gasteiger partial charge in [-0.3, -0.25) is 0 Å². The van der Waals surface area contributed by atoms with Gasteiger partial charge in [0.2, 0.25) is 5.95 Å². The highest BCUT2D eigenvalue weighted by atomic mass is 15.3. The van der Waals surface area contributed by atoms with Crippen molar-refractivity contribution in [3.05, 3.63) is 11.9 Å². The van der Waals surface area contributed by atoms with Gasteiger partial charge in [0, 0.05) is 25.8 Å². The van der Waals surface area contributed by atoms with Crippen LogP contribution in [0, 0.1) is 5.41 Å². The summed E-state index contributed by atoms with van der Waals surface area (Å²) in [6, 6.07) is 0.630. The number of hydrogen-bond acceptors (Lipinski definition) is 3. The minimum atomic E-state index is 0.116. The maximum atomic E-state index is 5.89. The lowest BCUT2D eigenvalue weighted by Gasteiger charge is -2.32. The first-order valence-electron chi connectivity index (χ1n) is 8.46. The molecular weight excluding hydrogens is 260 g/mol. The zero-order valence-electron chi connectivity index (χ0n) is 14.2. The molecule has 1 heterocycles. The molecule has 0 aromatic carbocycles. The smallest absolute Gasteiger partial charge is 0.205 e.